The second kappa shape index (κ2) is 9.01. The number of esters is 1. The van der Waals surface area contributed by atoms with Crippen molar-refractivity contribution in [2.45, 2.75) is 13.8 Å². The summed E-state index contributed by atoms with van der Waals surface area (Å²) in [6.07, 6.45) is 1.53. The lowest BCUT2D eigenvalue weighted by Crippen LogP contribution is -2.19. The SMILES string of the molecule is CCN(c1cccc(C)c1)c1ccc(C(=O)Nc2ccccc2C(=O)OC)cn1. The van der Waals surface area contributed by atoms with Gasteiger partial charge in [0, 0.05) is 18.4 Å². The molecule has 148 valence electrons. The average molecular weight is 389 g/mol. The van der Waals surface area contributed by atoms with E-state index in [-0.39, 0.29) is 5.91 Å². The Morgan fingerprint density at radius 3 is 2.52 bits per heavy atom. The summed E-state index contributed by atoms with van der Waals surface area (Å²) in [5, 5.41) is 2.75. The number of para-hydroxylation sites is 1. The smallest absolute Gasteiger partial charge is 0.339 e. The highest BCUT2D eigenvalue weighted by Gasteiger charge is 2.15. The molecule has 0 unspecified atom stereocenters. The molecule has 0 aliphatic rings. The zero-order valence-electron chi connectivity index (χ0n) is 16.7. The fourth-order valence-corrected chi connectivity index (χ4v) is 3.03. The van der Waals surface area contributed by atoms with E-state index in [1.165, 1.54) is 18.9 Å². The highest BCUT2D eigenvalue weighted by molar-refractivity contribution is 6.07. The Balaban J connectivity index is 1.80. The highest BCUT2D eigenvalue weighted by atomic mass is 16.5. The third-order valence-corrected chi connectivity index (χ3v) is 4.50. The number of amides is 1. The zero-order chi connectivity index (χ0) is 20.8. The standard InChI is InChI=1S/C23H23N3O3/c1-4-26(18-9-7-8-16(2)14-18)21-13-12-17(15-24-21)22(27)25-20-11-6-5-10-19(20)23(28)29-3/h5-15H,4H2,1-3H3,(H,25,27). The predicted molar refractivity (Wildman–Crippen MR) is 114 cm³/mol. The Morgan fingerprint density at radius 2 is 1.86 bits per heavy atom. The summed E-state index contributed by atoms with van der Waals surface area (Å²) >= 11 is 0. The van der Waals surface area contributed by atoms with Crippen LogP contribution in [0.25, 0.3) is 0 Å². The lowest BCUT2D eigenvalue weighted by atomic mass is 10.1. The fraction of sp³-hybridized carbons (Fsp3) is 0.174. The molecule has 3 rings (SSSR count). The van der Waals surface area contributed by atoms with E-state index >= 15 is 0 Å². The van der Waals surface area contributed by atoms with E-state index in [0.717, 1.165) is 18.1 Å². The topological polar surface area (TPSA) is 71.5 Å². The van der Waals surface area contributed by atoms with E-state index < -0.39 is 5.97 Å². The molecule has 6 nitrogen and oxygen atoms in total. The third-order valence-electron chi connectivity index (χ3n) is 4.50. The molecular formula is C23H23N3O3. The molecular weight excluding hydrogens is 366 g/mol. The summed E-state index contributed by atoms with van der Waals surface area (Å²) in [6, 6.07) is 18.4. The van der Waals surface area contributed by atoms with Gasteiger partial charge in [0.25, 0.3) is 5.91 Å². The van der Waals surface area contributed by atoms with Crippen molar-refractivity contribution in [2.24, 2.45) is 0 Å². The van der Waals surface area contributed by atoms with Crippen LogP contribution in [-0.2, 0) is 4.74 Å². The van der Waals surface area contributed by atoms with Crippen molar-refractivity contribution in [3.8, 4) is 0 Å². The monoisotopic (exact) mass is 389 g/mol. The van der Waals surface area contributed by atoms with Gasteiger partial charge in [-0.1, -0.05) is 24.3 Å². The molecule has 1 amide bonds. The largest absolute Gasteiger partial charge is 0.465 e. The van der Waals surface area contributed by atoms with E-state index in [0.29, 0.717) is 16.8 Å². The first-order chi connectivity index (χ1) is 14.0. The number of hydrogen-bond donors (Lipinski definition) is 1. The summed E-state index contributed by atoms with van der Waals surface area (Å²) in [5.74, 6) is -0.102. The van der Waals surface area contributed by atoms with Crippen LogP contribution in [0.3, 0.4) is 0 Å². The molecule has 1 aromatic heterocycles. The quantitative estimate of drug-likeness (QED) is 0.625. The first-order valence-electron chi connectivity index (χ1n) is 9.32. The predicted octanol–water partition coefficient (Wildman–Crippen LogP) is 4.59. The van der Waals surface area contributed by atoms with Crippen molar-refractivity contribution in [3.05, 3.63) is 83.6 Å². The molecule has 1 heterocycles. The van der Waals surface area contributed by atoms with E-state index in [1.54, 1.807) is 30.3 Å². The minimum atomic E-state index is -0.508. The number of aryl methyl sites for hydroxylation is 1. The molecule has 0 aliphatic carbocycles. The molecule has 0 spiro atoms. The van der Waals surface area contributed by atoms with Crippen LogP contribution in [0, 0.1) is 6.92 Å². The van der Waals surface area contributed by atoms with Gasteiger partial charge in [-0.2, -0.15) is 0 Å². The molecule has 0 aliphatic heterocycles. The molecule has 6 heteroatoms. The Labute approximate surface area is 170 Å². The maximum atomic E-state index is 12.6. The van der Waals surface area contributed by atoms with E-state index in [9.17, 15) is 9.59 Å². The minimum absolute atomic E-state index is 0.296. The molecule has 0 radical (unpaired) electrons. The van der Waals surface area contributed by atoms with Crippen LogP contribution in [-0.4, -0.2) is 30.5 Å². The molecule has 0 bridgehead atoms. The van der Waals surface area contributed by atoms with Gasteiger partial charge < -0.3 is 15.0 Å². The second-order valence-corrected chi connectivity index (χ2v) is 6.48. The number of ether oxygens (including phenoxy) is 1. The summed E-state index contributed by atoms with van der Waals surface area (Å²) < 4.78 is 4.76. The molecule has 0 saturated carbocycles. The minimum Gasteiger partial charge on any atom is -0.465 e. The normalized spacial score (nSPS) is 10.3. The lowest BCUT2D eigenvalue weighted by molar-refractivity contribution is 0.0602. The van der Waals surface area contributed by atoms with Gasteiger partial charge in [0.05, 0.1) is 23.9 Å². The number of carbonyl (C=O) groups is 2. The van der Waals surface area contributed by atoms with Crippen molar-refractivity contribution in [3.63, 3.8) is 0 Å². The van der Waals surface area contributed by atoms with Crippen molar-refractivity contribution in [1.29, 1.82) is 0 Å². The van der Waals surface area contributed by atoms with Gasteiger partial charge in [-0.25, -0.2) is 9.78 Å². The van der Waals surface area contributed by atoms with Gasteiger partial charge in [-0.3, -0.25) is 4.79 Å². The van der Waals surface area contributed by atoms with Gasteiger partial charge in [0.15, 0.2) is 0 Å². The molecule has 0 atom stereocenters. The Hall–Kier alpha value is -3.67. The summed E-state index contributed by atoms with van der Waals surface area (Å²) in [7, 11) is 1.30. The zero-order valence-corrected chi connectivity index (χ0v) is 16.7. The number of nitrogens with one attached hydrogen (secondary N) is 1. The average Bonchev–Trinajstić information content (AvgIpc) is 2.74. The number of methoxy groups -OCH3 is 1. The number of benzene rings is 2. The van der Waals surface area contributed by atoms with Gasteiger partial charge >= 0.3 is 5.97 Å². The van der Waals surface area contributed by atoms with Crippen LogP contribution in [0.2, 0.25) is 0 Å². The van der Waals surface area contributed by atoms with Crippen LogP contribution in [0.1, 0.15) is 33.2 Å². The second-order valence-electron chi connectivity index (χ2n) is 6.48. The number of rotatable bonds is 6. The van der Waals surface area contributed by atoms with Crippen molar-refractivity contribution in [1.82, 2.24) is 4.98 Å². The number of nitrogens with zero attached hydrogens (tertiary/aromatic N) is 2. The first-order valence-corrected chi connectivity index (χ1v) is 9.32. The highest BCUT2D eigenvalue weighted by Crippen LogP contribution is 2.24. The van der Waals surface area contributed by atoms with Crippen LogP contribution in [0.4, 0.5) is 17.2 Å². The van der Waals surface area contributed by atoms with Crippen LogP contribution in [0.15, 0.2) is 66.9 Å². The molecule has 29 heavy (non-hydrogen) atoms. The Kier molecular flexibility index (Phi) is 6.24. The van der Waals surface area contributed by atoms with Crippen LogP contribution < -0.4 is 10.2 Å². The van der Waals surface area contributed by atoms with E-state index in [2.05, 4.69) is 21.3 Å². The fourth-order valence-electron chi connectivity index (χ4n) is 3.03. The van der Waals surface area contributed by atoms with Gasteiger partial charge in [0.1, 0.15) is 5.82 Å². The van der Waals surface area contributed by atoms with Crippen molar-refractivity contribution < 1.29 is 14.3 Å². The van der Waals surface area contributed by atoms with Crippen molar-refractivity contribution in [2.75, 3.05) is 23.9 Å². The first kappa shape index (κ1) is 20.1. The molecule has 0 fully saturated rings. The number of hydrogen-bond acceptors (Lipinski definition) is 5. The summed E-state index contributed by atoms with van der Waals surface area (Å²) in [5.41, 5.74) is 3.30. The maximum Gasteiger partial charge on any atom is 0.339 e. The Bertz CT molecular complexity index is 1020. The van der Waals surface area contributed by atoms with Crippen LogP contribution >= 0.6 is 0 Å². The number of pyridine rings is 1. The van der Waals surface area contributed by atoms with Gasteiger partial charge in [-0.15, -0.1) is 0 Å². The van der Waals surface area contributed by atoms with Crippen LogP contribution in [0.5, 0.6) is 0 Å². The maximum absolute atomic E-state index is 12.6. The number of carbonyl (C=O) groups excluding carboxylic acids is 2. The summed E-state index contributed by atoms with van der Waals surface area (Å²) in [4.78, 5) is 31.0. The summed E-state index contributed by atoms with van der Waals surface area (Å²) in [6.45, 7) is 4.84. The Morgan fingerprint density at radius 1 is 1.07 bits per heavy atom. The molecule has 0 saturated heterocycles. The molecule has 2 aromatic carbocycles. The van der Waals surface area contributed by atoms with Gasteiger partial charge in [-0.05, 0) is 55.8 Å². The van der Waals surface area contributed by atoms with E-state index in [4.69, 9.17) is 4.74 Å². The van der Waals surface area contributed by atoms with Crippen molar-refractivity contribution >= 4 is 29.1 Å². The lowest BCUT2D eigenvalue weighted by Gasteiger charge is -2.22. The van der Waals surface area contributed by atoms with E-state index in [1.807, 2.05) is 38.1 Å². The van der Waals surface area contributed by atoms with Gasteiger partial charge in [0.2, 0.25) is 0 Å². The number of anilines is 3. The molecule has 1 N–H and O–H groups in total. The third kappa shape index (κ3) is 4.60. The molecule has 3 aromatic rings. The number of aromatic nitrogens is 1.